The number of piperidine rings is 1. The van der Waals surface area contributed by atoms with Crippen LogP contribution in [-0.4, -0.2) is 39.3 Å². The molecule has 2 N–H and O–H groups in total. The Morgan fingerprint density at radius 1 is 1.12 bits per heavy atom. The van der Waals surface area contributed by atoms with Gasteiger partial charge in [0.2, 0.25) is 0 Å². The Labute approximate surface area is 198 Å². The summed E-state index contributed by atoms with van der Waals surface area (Å²) in [6.07, 6.45) is 2.69. The smallest absolute Gasteiger partial charge is 0.264 e. The van der Waals surface area contributed by atoms with Crippen LogP contribution in [0.4, 0.5) is 5.69 Å². The van der Waals surface area contributed by atoms with Gasteiger partial charge in [-0.2, -0.15) is 0 Å². The van der Waals surface area contributed by atoms with E-state index in [9.17, 15) is 13.5 Å². The lowest BCUT2D eigenvalue weighted by molar-refractivity contribution is 0.0252. The molecule has 1 saturated heterocycles. The van der Waals surface area contributed by atoms with E-state index in [1.165, 1.54) is 4.31 Å². The molecule has 2 aromatic carbocycles. The number of aliphatic hydroxyl groups is 1. The standard InChI is InChI=1S/C26H36N2O4S/c1-4-19-5-7-21(8-6-19)28(17-18(2)3)33(30,31)22-9-10-25-23(15-22)24(29)16-26(32-25)20-11-13-27-14-12-20/h5-10,15,18,20,24,26-27,29H,4,11-14,16-17H2,1-3H3. The maximum Gasteiger partial charge on any atom is 0.264 e. The van der Waals surface area contributed by atoms with Crippen LogP contribution < -0.4 is 14.4 Å². The number of ether oxygens (including phenoxy) is 1. The molecule has 6 nitrogen and oxygen atoms in total. The molecule has 2 unspecified atom stereocenters. The molecule has 0 radical (unpaired) electrons. The third-order valence-electron chi connectivity index (χ3n) is 6.74. The number of sulfonamides is 1. The molecule has 33 heavy (non-hydrogen) atoms. The summed E-state index contributed by atoms with van der Waals surface area (Å²) in [7, 11) is -3.80. The number of hydrogen-bond acceptors (Lipinski definition) is 5. The van der Waals surface area contributed by atoms with E-state index in [0.29, 0.717) is 35.9 Å². The Hall–Kier alpha value is -2.09. The molecule has 0 aliphatic carbocycles. The van der Waals surface area contributed by atoms with Crippen molar-refractivity contribution in [1.29, 1.82) is 0 Å². The highest BCUT2D eigenvalue weighted by Gasteiger charge is 2.35. The van der Waals surface area contributed by atoms with Crippen LogP contribution in [0, 0.1) is 11.8 Å². The Bertz CT molecular complexity index is 1050. The second-order valence-corrected chi connectivity index (χ2v) is 11.5. The summed E-state index contributed by atoms with van der Waals surface area (Å²) < 4.78 is 35.2. The number of anilines is 1. The van der Waals surface area contributed by atoms with Crippen molar-refractivity contribution in [2.45, 2.75) is 63.6 Å². The minimum absolute atomic E-state index is 0.0356. The van der Waals surface area contributed by atoms with Crippen molar-refractivity contribution in [2.24, 2.45) is 11.8 Å². The molecule has 2 atom stereocenters. The van der Waals surface area contributed by atoms with Gasteiger partial charge in [-0.05, 0) is 80.1 Å². The van der Waals surface area contributed by atoms with Crippen LogP contribution in [0.15, 0.2) is 47.4 Å². The van der Waals surface area contributed by atoms with Crippen molar-refractivity contribution in [3.63, 3.8) is 0 Å². The normalized spacial score (nSPS) is 21.5. The average Bonchev–Trinajstić information content (AvgIpc) is 2.82. The van der Waals surface area contributed by atoms with E-state index in [-0.39, 0.29) is 16.9 Å². The van der Waals surface area contributed by atoms with E-state index in [0.717, 1.165) is 37.9 Å². The third-order valence-corrected chi connectivity index (χ3v) is 8.53. The van der Waals surface area contributed by atoms with Gasteiger partial charge in [-0.3, -0.25) is 4.31 Å². The monoisotopic (exact) mass is 472 g/mol. The summed E-state index contributed by atoms with van der Waals surface area (Å²) in [5, 5.41) is 14.3. The molecule has 2 aliphatic rings. The molecule has 0 saturated carbocycles. The van der Waals surface area contributed by atoms with E-state index in [4.69, 9.17) is 4.74 Å². The SMILES string of the molecule is CCc1ccc(N(CC(C)C)S(=O)(=O)c2ccc3c(c2)C(O)CC(C2CCNCC2)O3)cc1. The Morgan fingerprint density at radius 3 is 2.45 bits per heavy atom. The molecule has 2 heterocycles. The molecular formula is C26H36N2O4S. The first-order valence-corrected chi connectivity index (χ1v) is 13.5. The van der Waals surface area contributed by atoms with Gasteiger partial charge in [-0.1, -0.05) is 32.9 Å². The first-order chi connectivity index (χ1) is 15.8. The van der Waals surface area contributed by atoms with Gasteiger partial charge in [0.25, 0.3) is 10.0 Å². The van der Waals surface area contributed by atoms with Gasteiger partial charge in [0.05, 0.1) is 16.7 Å². The highest BCUT2D eigenvalue weighted by atomic mass is 32.2. The molecular weight excluding hydrogens is 436 g/mol. The zero-order valence-corrected chi connectivity index (χ0v) is 20.6. The zero-order valence-electron chi connectivity index (χ0n) is 19.8. The zero-order chi connectivity index (χ0) is 23.6. The molecule has 0 aromatic heterocycles. The van der Waals surface area contributed by atoms with Crippen molar-refractivity contribution in [1.82, 2.24) is 5.32 Å². The maximum atomic E-state index is 13.7. The van der Waals surface area contributed by atoms with Gasteiger partial charge in [-0.15, -0.1) is 0 Å². The number of fused-ring (bicyclic) bond motifs is 1. The van der Waals surface area contributed by atoms with Crippen molar-refractivity contribution < 1.29 is 18.3 Å². The molecule has 2 aromatic rings. The number of benzene rings is 2. The number of hydrogen-bond donors (Lipinski definition) is 2. The Balaban J connectivity index is 1.63. The van der Waals surface area contributed by atoms with Crippen LogP contribution in [0.5, 0.6) is 5.75 Å². The Morgan fingerprint density at radius 2 is 1.82 bits per heavy atom. The summed E-state index contributed by atoms with van der Waals surface area (Å²) in [5.74, 6) is 1.16. The molecule has 7 heteroatoms. The second kappa shape index (κ2) is 10.0. The quantitative estimate of drug-likeness (QED) is 0.629. The summed E-state index contributed by atoms with van der Waals surface area (Å²) in [6, 6.07) is 12.6. The molecule has 4 rings (SSSR count). The topological polar surface area (TPSA) is 78.9 Å². The summed E-state index contributed by atoms with van der Waals surface area (Å²) in [4.78, 5) is 0.185. The molecule has 1 fully saturated rings. The predicted octanol–water partition coefficient (Wildman–Crippen LogP) is 4.28. The van der Waals surface area contributed by atoms with Crippen LogP contribution in [0.2, 0.25) is 0 Å². The average molecular weight is 473 g/mol. The third kappa shape index (κ3) is 5.20. The number of aliphatic hydroxyl groups excluding tert-OH is 1. The van der Waals surface area contributed by atoms with Crippen molar-refractivity contribution in [3.05, 3.63) is 53.6 Å². The summed E-state index contributed by atoms with van der Waals surface area (Å²) in [6.45, 7) is 8.41. The van der Waals surface area contributed by atoms with Gasteiger partial charge in [0, 0.05) is 18.5 Å². The van der Waals surface area contributed by atoms with E-state index >= 15 is 0 Å². The van der Waals surface area contributed by atoms with Crippen LogP contribution in [-0.2, 0) is 16.4 Å². The fourth-order valence-corrected chi connectivity index (χ4v) is 6.48. The molecule has 2 aliphatic heterocycles. The van der Waals surface area contributed by atoms with Gasteiger partial charge in [-0.25, -0.2) is 8.42 Å². The van der Waals surface area contributed by atoms with Gasteiger partial charge in [0.15, 0.2) is 0 Å². The lowest BCUT2D eigenvalue weighted by Crippen LogP contribution is -2.39. The first kappa shape index (κ1) is 24.0. The minimum atomic E-state index is -3.80. The fourth-order valence-electron chi connectivity index (χ4n) is 4.82. The highest BCUT2D eigenvalue weighted by Crippen LogP contribution is 2.40. The number of nitrogens with one attached hydrogen (secondary N) is 1. The molecule has 0 spiro atoms. The maximum absolute atomic E-state index is 13.7. The predicted molar refractivity (Wildman–Crippen MR) is 131 cm³/mol. The van der Waals surface area contributed by atoms with Crippen molar-refractivity contribution >= 4 is 15.7 Å². The first-order valence-electron chi connectivity index (χ1n) is 12.1. The van der Waals surface area contributed by atoms with Crippen LogP contribution in [0.1, 0.15) is 57.3 Å². The van der Waals surface area contributed by atoms with E-state index < -0.39 is 16.1 Å². The van der Waals surface area contributed by atoms with Crippen molar-refractivity contribution in [2.75, 3.05) is 23.9 Å². The Kier molecular flexibility index (Phi) is 7.31. The molecule has 0 amide bonds. The number of aryl methyl sites for hydroxylation is 1. The highest BCUT2D eigenvalue weighted by molar-refractivity contribution is 7.92. The van der Waals surface area contributed by atoms with Gasteiger partial charge in [0.1, 0.15) is 11.9 Å². The van der Waals surface area contributed by atoms with Crippen LogP contribution >= 0.6 is 0 Å². The molecule has 0 bridgehead atoms. The number of nitrogens with zero attached hydrogens (tertiary/aromatic N) is 1. The van der Waals surface area contributed by atoms with E-state index in [1.54, 1.807) is 18.2 Å². The van der Waals surface area contributed by atoms with Crippen LogP contribution in [0.3, 0.4) is 0 Å². The van der Waals surface area contributed by atoms with E-state index in [1.807, 2.05) is 38.1 Å². The van der Waals surface area contributed by atoms with E-state index in [2.05, 4.69) is 12.2 Å². The van der Waals surface area contributed by atoms with Crippen molar-refractivity contribution in [3.8, 4) is 5.75 Å². The second-order valence-electron chi connectivity index (χ2n) is 9.64. The van der Waals surface area contributed by atoms with Gasteiger partial charge < -0.3 is 15.2 Å². The lowest BCUT2D eigenvalue weighted by atomic mass is 9.86. The number of rotatable bonds is 7. The van der Waals surface area contributed by atoms with Gasteiger partial charge >= 0.3 is 0 Å². The fraction of sp³-hybridized carbons (Fsp3) is 0.538. The minimum Gasteiger partial charge on any atom is -0.490 e. The largest absolute Gasteiger partial charge is 0.490 e. The summed E-state index contributed by atoms with van der Waals surface area (Å²) in [5.41, 5.74) is 2.38. The van der Waals surface area contributed by atoms with Crippen LogP contribution in [0.25, 0.3) is 0 Å². The molecule has 180 valence electrons. The lowest BCUT2D eigenvalue weighted by Gasteiger charge is -2.36. The summed E-state index contributed by atoms with van der Waals surface area (Å²) >= 11 is 0.